The number of nitrogens with zero attached hydrogens (tertiary/aromatic N) is 1. The number of ether oxygens (including phenoxy) is 2. The van der Waals surface area contributed by atoms with Gasteiger partial charge in [0.25, 0.3) is 5.92 Å². The quantitative estimate of drug-likeness (QED) is 0.267. The van der Waals surface area contributed by atoms with Crippen molar-refractivity contribution in [2.45, 2.75) is 106 Å². The Bertz CT molecular complexity index is 1610. The van der Waals surface area contributed by atoms with E-state index in [0.29, 0.717) is 29.7 Å². The molecule has 2 saturated carbocycles. The Morgan fingerprint density at radius 2 is 1.33 bits per heavy atom. The Kier molecular flexibility index (Phi) is 9.82. The predicted octanol–water partition coefficient (Wildman–Crippen LogP) is 6.26. The lowest BCUT2D eigenvalue weighted by Gasteiger charge is -2.35. The summed E-state index contributed by atoms with van der Waals surface area (Å²) in [5, 5.41) is 1.36. The summed E-state index contributed by atoms with van der Waals surface area (Å²) in [5.41, 5.74) is 5.51. The zero-order valence-electron chi connectivity index (χ0n) is 26.0. The van der Waals surface area contributed by atoms with Gasteiger partial charge in [-0.25, -0.2) is 8.42 Å². The highest BCUT2D eigenvalue weighted by atomic mass is 32.2. The second-order valence-electron chi connectivity index (χ2n) is 12.9. The molecule has 1 atom stereocenters. The van der Waals surface area contributed by atoms with Crippen molar-refractivity contribution >= 4 is 26.7 Å². The summed E-state index contributed by atoms with van der Waals surface area (Å²) in [6.07, 6.45) is 10.5. The molecule has 3 N–H and O–H groups in total. The maximum absolute atomic E-state index is 16.3. The molecule has 8 nitrogen and oxygen atoms in total. The van der Waals surface area contributed by atoms with Crippen LogP contribution in [0.4, 0.5) is 8.78 Å². The number of nitrogens with two attached hydrogens (primary N) is 1. The molecule has 1 aliphatic heterocycles. The van der Waals surface area contributed by atoms with Crippen LogP contribution in [0.3, 0.4) is 0 Å². The average Bonchev–Trinajstić information content (AvgIpc) is 3.57. The van der Waals surface area contributed by atoms with Crippen LogP contribution in [0, 0.1) is 0 Å². The number of halogens is 2. The Morgan fingerprint density at radius 3 is 1.98 bits per heavy atom. The third-order valence-corrected chi connectivity index (χ3v) is 10.9. The van der Waals surface area contributed by atoms with Crippen LogP contribution in [-0.4, -0.2) is 56.6 Å². The Labute approximate surface area is 269 Å². The van der Waals surface area contributed by atoms with Gasteiger partial charge in [0.2, 0.25) is 15.9 Å². The van der Waals surface area contributed by atoms with E-state index in [2.05, 4.69) is 4.72 Å². The monoisotopic (exact) mass is 655 g/mol. The molecule has 6 rings (SSSR count). The number of alkyl halides is 2. The van der Waals surface area contributed by atoms with E-state index in [4.69, 9.17) is 15.2 Å². The minimum atomic E-state index is -4.55. The maximum atomic E-state index is 16.3. The largest absolute Gasteiger partial charge is 0.490 e. The van der Waals surface area contributed by atoms with Crippen molar-refractivity contribution in [3.63, 3.8) is 0 Å². The van der Waals surface area contributed by atoms with Crippen LogP contribution < -0.4 is 19.9 Å². The Balaban J connectivity index is 1.25. The average molecular weight is 656 g/mol. The minimum Gasteiger partial charge on any atom is -0.490 e. The second-order valence-corrected chi connectivity index (χ2v) is 14.7. The molecule has 0 unspecified atom stereocenters. The molecule has 3 fully saturated rings. The number of rotatable bonds is 10. The van der Waals surface area contributed by atoms with Crippen molar-refractivity contribution in [1.82, 2.24) is 9.62 Å². The van der Waals surface area contributed by atoms with Crippen LogP contribution in [0.1, 0.15) is 76.2 Å². The van der Waals surface area contributed by atoms with E-state index in [1.165, 1.54) is 41.3 Å². The number of amides is 1. The normalized spacial score (nSPS) is 19.8. The van der Waals surface area contributed by atoms with Crippen molar-refractivity contribution in [3.8, 4) is 11.5 Å². The molecule has 1 saturated heterocycles. The van der Waals surface area contributed by atoms with Crippen molar-refractivity contribution < 1.29 is 31.5 Å². The van der Waals surface area contributed by atoms with Gasteiger partial charge in [0, 0.05) is 24.7 Å². The van der Waals surface area contributed by atoms with E-state index in [1.807, 2.05) is 6.07 Å². The fourth-order valence-electron chi connectivity index (χ4n) is 6.74. The highest BCUT2D eigenvalue weighted by Gasteiger charge is 2.50. The standard InChI is InChI=1S/C35H43F2N3O5S/c36-35(37,26-12-15-30(16-13-26)44-28-6-2-1-3-7-28)33(34(41)40-20-18-27(38)19-21-40)39-46(42,43)32-17-11-24-22-31(14-10-25(24)23-32)45-29-8-4-5-9-29/h10-17,22-23,27-29,33,39H,1-9,18-21,38H2/t33-/m0/s1. The molecule has 0 bridgehead atoms. The summed E-state index contributed by atoms with van der Waals surface area (Å²) in [6.45, 7) is 0.341. The second kappa shape index (κ2) is 13.8. The lowest BCUT2D eigenvalue weighted by Crippen LogP contribution is -2.57. The van der Waals surface area contributed by atoms with E-state index < -0.39 is 33.5 Å². The molecule has 2 aliphatic carbocycles. The van der Waals surface area contributed by atoms with E-state index in [9.17, 15) is 13.2 Å². The molecule has 3 aromatic carbocycles. The van der Waals surface area contributed by atoms with Gasteiger partial charge in [0.1, 0.15) is 11.5 Å². The van der Waals surface area contributed by atoms with Crippen LogP contribution in [0.25, 0.3) is 10.8 Å². The highest BCUT2D eigenvalue weighted by Crippen LogP contribution is 2.36. The zero-order chi connectivity index (χ0) is 32.3. The van der Waals surface area contributed by atoms with E-state index >= 15 is 8.78 Å². The van der Waals surface area contributed by atoms with Gasteiger partial charge >= 0.3 is 0 Å². The summed E-state index contributed by atoms with van der Waals surface area (Å²) < 4.78 is 74.3. The van der Waals surface area contributed by atoms with Gasteiger partial charge in [0.15, 0.2) is 6.04 Å². The van der Waals surface area contributed by atoms with Gasteiger partial charge < -0.3 is 20.1 Å². The number of sulfonamides is 1. The van der Waals surface area contributed by atoms with Gasteiger partial charge in [-0.05, 0) is 124 Å². The number of nitrogens with one attached hydrogen (secondary N) is 1. The fourth-order valence-corrected chi connectivity index (χ4v) is 7.97. The van der Waals surface area contributed by atoms with Crippen molar-refractivity contribution in [3.05, 3.63) is 66.2 Å². The maximum Gasteiger partial charge on any atom is 0.298 e. The topological polar surface area (TPSA) is 111 Å². The zero-order valence-corrected chi connectivity index (χ0v) is 26.8. The Hall–Kier alpha value is -3.28. The number of benzene rings is 3. The molecule has 3 aromatic rings. The molecule has 1 heterocycles. The van der Waals surface area contributed by atoms with E-state index in [1.54, 1.807) is 18.2 Å². The van der Waals surface area contributed by atoms with Gasteiger partial charge in [-0.3, -0.25) is 4.79 Å². The SMILES string of the molecule is NC1CCN(C(=O)[C@H](NS(=O)(=O)c2ccc3cc(OC4CCCC4)ccc3c2)C(F)(F)c2ccc(OC3CCCCC3)cc2)CC1. The molecule has 11 heteroatoms. The highest BCUT2D eigenvalue weighted by molar-refractivity contribution is 7.89. The van der Waals surface area contributed by atoms with Crippen LogP contribution >= 0.6 is 0 Å². The summed E-state index contributed by atoms with van der Waals surface area (Å²) in [4.78, 5) is 14.8. The molecule has 46 heavy (non-hydrogen) atoms. The predicted molar refractivity (Wildman–Crippen MR) is 173 cm³/mol. The summed E-state index contributed by atoms with van der Waals surface area (Å²) in [7, 11) is -4.55. The van der Waals surface area contributed by atoms with Gasteiger partial charge in [-0.2, -0.15) is 13.5 Å². The van der Waals surface area contributed by atoms with Crippen molar-refractivity contribution in [1.29, 1.82) is 0 Å². The molecular weight excluding hydrogens is 612 g/mol. The van der Waals surface area contributed by atoms with Crippen LogP contribution in [-0.2, 0) is 20.7 Å². The number of carbonyl (C=O) groups is 1. The molecule has 1 amide bonds. The van der Waals surface area contributed by atoms with E-state index in [-0.39, 0.29) is 36.2 Å². The van der Waals surface area contributed by atoms with Gasteiger partial charge in [-0.1, -0.05) is 18.6 Å². The first-order valence-electron chi connectivity index (χ1n) is 16.5. The molecule has 0 radical (unpaired) electrons. The first kappa shape index (κ1) is 32.7. The minimum absolute atomic E-state index is 0.0417. The van der Waals surface area contributed by atoms with Gasteiger partial charge in [0.05, 0.1) is 17.1 Å². The number of hydrogen-bond acceptors (Lipinski definition) is 6. The lowest BCUT2D eigenvalue weighted by molar-refractivity contribution is -0.145. The summed E-state index contributed by atoms with van der Waals surface area (Å²) in [6, 6.07) is 12.6. The number of piperidine rings is 1. The first-order valence-corrected chi connectivity index (χ1v) is 18.0. The third kappa shape index (κ3) is 7.47. The van der Waals surface area contributed by atoms with Crippen LogP contribution in [0.2, 0.25) is 0 Å². The van der Waals surface area contributed by atoms with Crippen molar-refractivity contribution in [2.24, 2.45) is 5.73 Å². The molecule has 3 aliphatic rings. The molecule has 248 valence electrons. The molecule has 0 spiro atoms. The lowest BCUT2D eigenvalue weighted by atomic mass is 9.97. The number of fused-ring (bicyclic) bond motifs is 1. The smallest absolute Gasteiger partial charge is 0.298 e. The first-order chi connectivity index (χ1) is 22.1. The van der Waals surface area contributed by atoms with Crippen LogP contribution in [0.5, 0.6) is 11.5 Å². The number of likely N-dealkylation sites (tertiary alicyclic amines) is 1. The van der Waals surface area contributed by atoms with Gasteiger partial charge in [-0.15, -0.1) is 0 Å². The number of hydrogen-bond donors (Lipinski definition) is 2. The summed E-state index contributed by atoms with van der Waals surface area (Å²) >= 11 is 0. The van der Waals surface area contributed by atoms with E-state index in [0.717, 1.165) is 63.2 Å². The fraction of sp³-hybridized carbons (Fsp3) is 0.514. The Morgan fingerprint density at radius 1 is 0.783 bits per heavy atom. The summed E-state index contributed by atoms with van der Waals surface area (Å²) in [5.74, 6) is -3.68. The van der Waals surface area contributed by atoms with Crippen LogP contribution in [0.15, 0.2) is 65.6 Å². The molecular formula is C35H43F2N3O5S. The molecule has 0 aromatic heterocycles. The third-order valence-electron chi connectivity index (χ3n) is 9.53. The van der Waals surface area contributed by atoms with Crippen molar-refractivity contribution in [2.75, 3.05) is 13.1 Å². The number of carbonyl (C=O) groups excluding carboxylic acids is 1.